The molecule has 1 aliphatic carbocycles. The third-order valence-corrected chi connectivity index (χ3v) is 6.14. The molecule has 0 amide bonds. The minimum atomic E-state index is -6.00. The van der Waals surface area contributed by atoms with E-state index in [9.17, 15) is 17.3 Å². The number of hydrogen-bond donors (Lipinski definition) is 0. The van der Waals surface area contributed by atoms with Gasteiger partial charge in [-0.2, -0.15) is 3.97 Å². The van der Waals surface area contributed by atoms with E-state index in [1.807, 2.05) is 11.9 Å². The van der Waals surface area contributed by atoms with Crippen molar-refractivity contribution in [2.75, 3.05) is 7.11 Å². The van der Waals surface area contributed by atoms with Gasteiger partial charge in [0.05, 0.1) is 18.6 Å². The van der Waals surface area contributed by atoms with Crippen LogP contribution in [0.5, 0.6) is 5.75 Å². The number of nitrogens with zero attached hydrogens (tertiary/aromatic N) is 3. The number of pyridine rings is 1. The van der Waals surface area contributed by atoms with Gasteiger partial charge in [-0.05, 0) is 31.4 Å². The van der Waals surface area contributed by atoms with Gasteiger partial charge < -0.3 is 22.0 Å². The molecule has 3 aromatic rings. The highest BCUT2D eigenvalue weighted by Crippen LogP contribution is 2.44. The zero-order valence-electron chi connectivity index (χ0n) is 15.1. The number of para-hydroxylation sites is 2. The van der Waals surface area contributed by atoms with Crippen molar-refractivity contribution in [3.63, 3.8) is 0 Å². The number of fused-ring (bicyclic) bond motifs is 4. The summed E-state index contributed by atoms with van der Waals surface area (Å²) in [6, 6.07) is 10.5. The molecule has 28 heavy (non-hydrogen) atoms. The summed E-state index contributed by atoms with van der Waals surface area (Å²) in [4.78, 5) is 4.88. The van der Waals surface area contributed by atoms with E-state index in [2.05, 4.69) is 45.1 Å². The predicted molar refractivity (Wildman–Crippen MR) is 101 cm³/mol. The third kappa shape index (κ3) is 3.57. The lowest BCUT2D eigenvalue weighted by atomic mass is 10.1. The number of aromatic nitrogens is 3. The van der Waals surface area contributed by atoms with Crippen molar-refractivity contribution in [1.29, 1.82) is 0 Å². The van der Waals surface area contributed by atoms with Gasteiger partial charge >= 0.3 is 13.2 Å². The van der Waals surface area contributed by atoms with Crippen molar-refractivity contribution >= 4 is 30.2 Å². The first-order chi connectivity index (χ1) is 13.4. The van der Waals surface area contributed by atoms with Gasteiger partial charge in [-0.15, -0.1) is 0 Å². The van der Waals surface area contributed by atoms with Crippen molar-refractivity contribution in [1.82, 2.24) is 8.96 Å². The lowest BCUT2D eigenvalue weighted by Gasteiger charge is -2.23. The molecule has 0 radical (unpaired) electrons. The molecular weight excluding hydrogens is 393 g/mol. The van der Waals surface area contributed by atoms with Gasteiger partial charge in [-0.25, -0.2) is 4.57 Å². The molecule has 5 rings (SSSR count). The molecule has 1 aromatic carbocycles. The van der Waals surface area contributed by atoms with E-state index in [1.165, 1.54) is 36.0 Å². The molecule has 0 saturated carbocycles. The van der Waals surface area contributed by atoms with Gasteiger partial charge in [0.15, 0.2) is 11.0 Å². The molecule has 10 heteroatoms. The Labute approximate surface area is 163 Å². The highest BCUT2D eigenvalue weighted by Gasteiger charge is 2.38. The van der Waals surface area contributed by atoms with Crippen molar-refractivity contribution in [2.45, 2.75) is 30.9 Å². The molecule has 1 atom stereocenters. The summed E-state index contributed by atoms with van der Waals surface area (Å²) in [7, 11) is -4.23. The number of halogens is 4. The Balaban J connectivity index is 0.000000346. The summed E-state index contributed by atoms with van der Waals surface area (Å²) in [5, 5.41) is 0.465. The molecular formula is C18H18BF4N3OS. The van der Waals surface area contributed by atoms with Crippen LogP contribution in [0.1, 0.15) is 35.8 Å². The first-order valence-electron chi connectivity index (χ1n) is 9.00. The molecule has 2 aliphatic rings. The Morgan fingerprint density at radius 3 is 2.68 bits per heavy atom. The minimum Gasteiger partial charge on any atom is -0.496 e. The van der Waals surface area contributed by atoms with Crippen LogP contribution in [-0.4, -0.2) is 23.3 Å². The summed E-state index contributed by atoms with van der Waals surface area (Å²) in [5.41, 5.74) is 5.01. The van der Waals surface area contributed by atoms with Crippen molar-refractivity contribution in [2.24, 2.45) is 0 Å². The van der Waals surface area contributed by atoms with E-state index in [0.29, 0.717) is 5.25 Å². The van der Waals surface area contributed by atoms with E-state index in [4.69, 9.17) is 9.72 Å². The molecule has 2 aromatic heterocycles. The van der Waals surface area contributed by atoms with Gasteiger partial charge in [-0.3, -0.25) is 0 Å². The molecule has 0 bridgehead atoms. The molecule has 0 fully saturated rings. The maximum absolute atomic E-state index is 9.75. The van der Waals surface area contributed by atoms with Crippen LogP contribution in [0.25, 0.3) is 17.0 Å². The zero-order valence-corrected chi connectivity index (χ0v) is 15.9. The van der Waals surface area contributed by atoms with Gasteiger partial charge in [0.2, 0.25) is 0 Å². The Bertz CT molecular complexity index is 1020. The SMILES string of the molecule is COc1cc[n+]2c3c1CCCC[C@H]3Sn1c-2nc2ccccc21.F[B-](F)(F)F. The van der Waals surface area contributed by atoms with Crippen LogP contribution in [0.2, 0.25) is 0 Å². The molecule has 0 spiro atoms. The van der Waals surface area contributed by atoms with Gasteiger partial charge in [0.25, 0.3) is 0 Å². The fourth-order valence-corrected chi connectivity index (χ4v) is 5.18. The largest absolute Gasteiger partial charge is 0.673 e. The van der Waals surface area contributed by atoms with Crippen LogP contribution >= 0.6 is 11.9 Å². The summed E-state index contributed by atoms with van der Waals surface area (Å²) in [6.07, 6.45) is 6.91. The summed E-state index contributed by atoms with van der Waals surface area (Å²) in [5.74, 6) is 2.03. The van der Waals surface area contributed by atoms with E-state index in [-0.39, 0.29) is 0 Å². The number of benzene rings is 1. The van der Waals surface area contributed by atoms with Gasteiger partial charge in [0, 0.05) is 23.6 Å². The average Bonchev–Trinajstić information content (AvgIpc) is 2.88. The Morgan fingerprint density at radius 2 is 1.93 bits per heavy atom. The van der Waals surface area contributed by atoms with Crippen LogP contribution in [0.15, 0.2) is 36.5 Å². The quantitative estimate of drug-likeness (QED) is 0.324. The van der Waals surface area contributed by atoms with Crippen LogP contribution < -0.4 is 9.30 Å². The second-order valence-corrected chi connectivity index (χ2v) is 7.79. The molecule has 0 N–H and O–H groups in total. The second kappa shape index (κ2) is 7.31. The Kier molecular flexibility index (Phi) is 4.99. The third-order valence-electron chi connectivity index (χ3n) is 4.86. The number of ether oxygens (including phenoxy) is 1. The lowest BCUT2D eigenvalue weighted by molar-refractivity contribution is -0.614. The number of imidazole rings is 1. The Hall–Kier alpha value is -2.23. The monoisotopic (exact) mass is 411 g/mol. The lowest BCUT2D eigenvalue weighted by Crippen LogP contribution is -2.43. The van der Waals surface area contributed by atoms with Crippen LogP contribution in [0, 0.1) is 0 Å². The van der Waals surface area contributed by atoms with E-state index in [1.54, 1.807) is 7.11 Å². The summed E-state index contributed by atoms with van der Waals surface area (Å²) >= 11 is 1.91. The number of rotatable bonds is 1. The molecule has 0 unspecified atom stereocenters. The fraction of sp³-hybridized carbons (Fsp3) is 0.333. The highest BCUT2D eigenvalue weighted by molar-refractivity contribution is 7.98. The summed E-state index contributed by atoms with van der Waals surface area (Å²) < 4.78 is 49.2. The first-order valence-corrected chi connectivity index (χ1v) is 9.84. The van der Waals surface area contributed by atoms with Crippen LogP contribution in [-0.2, 0) is 6.42 Å². The van der Waals surface area contributed by atoms with E-state index in [0.717, 1.165) is 23.6 Å². The summed E-state index contributed by atoms with van der Waals surface area (Å²) in [6.45, 7) is 0. The smallest absolute Gasteiger partial charge is 0.496 e. The normalized spacial score (nSPS) is 17.8. The minimum absolute atomic E-state index is 0.465. The van der Waals surface area contributed by atoms with Crippen molar-refractivity contribution in [3.05, 3.63) is 47.8 Å². The zero-order chi connectivity index (χ0) is 19.9. The van der Waals surface area contributed by atoms with Gasteiger partial charge in [-0.1, -0.05) is 23.5 Å². The van der Waals surface area contributed by atoms with Crippen LogP contribution in [0.3, 0.4) is 0 Å². The van der Waals surface area contributed by atoms with E-state index < -0.39 is 7.25 Å². The average molecular weight is 411 g/mol. The number of hydrogen-bond acceptors (Lipinski definition) is 3. The maximum Gasteiger partial charge on any atom is 0.673 e. The van der Waals surface area contributed by atoms with Gasteiger partial charge in [0.1, 0.15) is 11.4 Å². The van der Waals surface area contributed by atoms with E-state index >= 15 is 0 Å². The van der Waals surface area contributed by atoms with Crippen molar-refractivity contribution < 1.29 is 26.6 Å². The molecule has 4 nitrogen and oxygen atoms in total. The Morgan fingerprint density at radius 1 is 1.18 bits per heavy atom. The predicted octanol–water partition coefficient (Wildman–Crippen LogP) is 4.90. The fourth-order valence-electron chi connectivity index (χ4n) is 3.81. The molecule has 148 valence electrons. The van der Waals surface area contributed by atoms with Crippen molar-refractivity contribution in [3.8, 4) is 11.7 Å². The second-order valence-electron chi connectivity index (χ2n) is 6.65. The topological polar surface area (TPSA) is 30.9 Å². The molecule has 0 saturated heterocycles. The van der Waals surface area contributed by atoms with Crippen LogP contribution in [0.4, 0.5) is 17.3 Å². The highest BCUT2D eigenvalue weighted by atomic mass is 32.2. The first kappa shape index (κ1) is 19.1. The maximum atomic E-state index is 9.75. The molecule has 3 heterocycles. The molecule has 1 aliphatic heterocycles. The standard InChI is InChI=1S/C18H18N3OS.BF4/c1-22-15-10-11-20-17-12(15)6-2-5-9-16(17)23-21-14-8-4-3-7-13(14)19-18(20)21;2-1(3,4)5/h3-4,7-8,10-11,16H,2,5-6,9H2,1H3;/q+1;-1/t16-;/m1./s1. The number of methoxy groups -OCH3 is 1.